The van der Waals surface area contributed by atoms with Crippen LogP contribution >= 0.6 is 11.3 Å². The van der Waals surface area contributed by atoms with Crippen molar-refractivity contribution in [2.75, 3.05) is 44.4 Å². The van der Waals surface area contributed by atoms with Crippen LogP contribution < -0.4 is 16.1 Å². The lowest BCUT2D eigenvalue weighted by Gasteiger charge is -2.36. The summed E-state index contributed by atoms with van der Waals surface area (Å²) >= 11 is 1.26. The van der Waals surface area contributed by atoms with E-state index in [2.05, 4.69) is 15.5 Å². The second-order valence-corrected chi connectivity index (χ2v) is 12.7. The molecule has 1 atom stereocenters. The number of fused-ring (bicyclic) bond motifs is 3. The zero-order chi connectivity index (χ0) is 31.2. The molecule has 3 aromatic rings. The predicted octanol–water partition coefficient (Wildman–Crippen LogP) is 3.61. The normalized spacial score (nSPS) is 18.2. The lowest BCUT2D eigenvalue weighted by atomic mass is 10.1. The van der Waals surface area contributed by atoms with Gasteiger partial charge in [0, 0.05) is 31.7 Å². The number of urea groups is 1. The molecule has 2 aromatic heterocycles. The van der Waals surface area contributed by atoms with Crippen LogP contribution in [0.25, 0.3) is 21.8 Å². The smallest absolute Gasteiger partial charge is 0.407 e. The van der Waals surface area contributed by atoms with E-state index in [9.17, 15) is 19.2 Å². The number of ether oxygens (including phenoxy) is 2. The van der Waals surface area contributed by atoms with Crippen LogP contribution in [0.1, 0.15) is 59.2 Å². The quantitative estimate of drug-likeness (QED) is 0.282. The molecule has 2 aliphatic heterocycles. The first-order chi connectivity index (χ1) is 21.1. The van der Waals surface area contributed by atoms with Gasteiger partial charge in [-0.25, -0.2) is 19.6 Å². The number of hydrogen-bond acceptors (Lipinski definition) is 9. The largest absolute Gasteiger partial charge is 0.444 e. The van der Waals surface area contributed by atoms with Crippen LogP contribution in [0.3, 0.4) is 0 Å². The average Bonchev–Trinajstić information content (AvgIpc) is 3.79. The second kappa shape index (κ2) is 11.7. The van der Waals surface area contributed by atoms with Crippen molar-refractivity contribution in [3.8, 4) is 21.8 Å². The molecule has 1 unspecified atom stereocenters. The Morgan fingerprint density at radius 3 is 2.68 bits per heavy atom. The Kier molecular flexibility index (Phi) is 7.90. The minimum Gasteiger partial charge on any atom is -0.444 e. The topological polar surface area (TPSA) is 163 Å². The molecule has 14 heteroatoms. The highest BCUT2D eigenvalue weighted by Crippen LogP contribution is 2.45. The maximum atomic E-state index is 14.0. The molecular formula is C30H35N7O6S. The highest BCUT2D eigenvalue weighted by atomic mass is 32.1. The number of thiophene rings is 1. The van der Waals surface area contributed by atoms with Crippen LogP contribution in [0, 0.1) is 0 Å². The van der Waals surface area contributed by atoms with Crippen molar-refractivity contribution in [1.29, 1.82) is 0 Å². The molecule has 4 heterocycles. The fourth-order valence-electron chi connectivity index (χ4n) is 5.70. The van der Waals surface area contributed by atoms with E-state index >= 15 is 0 Å². The van der Waals surface area contributed by atoms with E-state index in [1.54, 1.807) is 40.2 Å². The highest BCUT2D eigenvalue weighted by Gasteiger charge is 2.39. The molecule has 1 aromatic carbocycles. The lowest BCUT2D eigenvalue weighted by molar-refractivity contribution is 0.0342. The first kappa shape index (κ1) is 29.8. The van der Waals surface area contributed by atoms with Crippen LogP contribution in [0.5, 0.6) is 0 Å². The second-order valence-electron chi connectivity index (χ2n) is 11.6. The number of nitrogens with one attached hydrogen (secondary N) is 2. The number of H-pyrrole nitrogens is 1. The molecule has 13 nitrogen and oxygen atoms in total. The number of aromatic nitrogens is 2. The van der Waals surface area contributed by atoms with Crippen molar-refractivity contribution in [3.05, 3.63) is 46.3 Å². The fraction of sp³-hybridized carbons (Fsp3) is 0.433. The number of nitrogens with two attached hydrogens (primary N) is 1. The third-order valence-corrected chi connectivity index (χ3v) is 9.40. The Morgan fingerprint density at radius 1 is 1.18 bits per heavy atom. The van der Waals surface area contributed by atoms with Crippen molar-refractivity contribution >= 4 is 40.8 Å². The van der Waals surface area contributed by atoms with Crippen molar-refractivity contribution in [3.63, 3.8) is 0 Å². The van der Waals surface area contributed by atoms with Crippen LogP contribution in [0.4, 0.5) is 15.3 Å². The van der Waals surface area contributed by atoms with Crippen LogP contribution in [-0.2, 0) is 9.47 Å². The first-order valence-corrected chi connectivity index (χ1v) is 15.5. The molecule has 44 heavy (non-hydrogen) atoms. The molecule has 2 fully saturated rings. The highest BCUT2D eigenvalue weighted by molar-refractivity contribution is 7.17. The number of morpholine rings is 1. The Labute approximate surface area is 258 Å². The minimum atomic E-state index is -0.693. The monoisotopic (exact) mass is 621 g/mol. The number of carbonyl (C=O) groups is 4. The summed E-state index contributed by atoms with van der Waals surface area (Å²) < 4.78 is 10.9. The van der Waals surface area contributed by atoms with Gasteiger partial charge in [0.1, 0.15) is 11.3 Å². The number of alkyl carbamates (subject to hydrolysis) is 1. The summed E-state index contributed by atoms with van der Waals surface area (Å²) in [6, 6.07) is 7.91. The number of rotatable bonds is 7. The van der Waals surface area contributed by atoms with E-state index < -0.39 is 17.7 Å². The summed E-state index contributed by atoms with van der Waals surface area (Å²) in [5.74, 6) is -0.426. The van der Waals surface area contributed by atoms with Crippen LogP contribution in [0.15, 0.2) is 30.3 Å². The number of anilines is 1. The van der Waals surface area contributed by atoms with Gasteiger partial charge in [0.15, 0.2) is 5.78 Å². The molecule has 4 N–H and O–H groups in total. The average molecular weight is 622 g/mol. The lowest BCUT2D eigenvalue weighted by Crippen LogP contribution is -2.54. The van der Waals surface area contributed by atoms with Gasteiger partial charge in [0.05, 0.1) is 51.5 Å². The standard InChI is InChI=1S/C30H35N7O6S/c1-4-30(2,3)43-29(41)32-17-10-11-35(16-17)27(39)21-9-8-20(44-21)25-23-24(33-34-25)18-6-5-7-19(22(18)26(23)38)37(28(31)40)36-12-14-42-15-13-36/h5-9,17H,4,10-16H2,1-3H3,(H2,31,40)(H,32,41)(H,33,34). The maximum Gasteiger partial charge on any atom is 0.407 e. The summed E-state index contributed by atoms with van der Waals surface area (Å²) in [4.78, 5) is 55.2. The summed E-state index contributed by atoms with van der Waals surface area (Å²) in [6.45, 7) is 8.34. The number of primary amides is 1. The number of nitrogens with zero attached hydrogens (tertiary/aromatic N) is 4. The van der Waals surface area contributed by atoms with E-state index in [1.807, 2.05) is 20.8 Å². The number of carbonyl (C=O) groups excluding carboxylic acids is 4. The van der Waals surface area contributed by atoms with Crippen molar-refractivity contribution in [1.82, 2.24) is 25.4 Å². The van der Waals surface area contributed by atoms with Gasteiger partial charge in [-0.1, -0.05) is 19.1 Å². The molecule has 0 bridgehead atoms. The Bertz CT molecular complexity index is 1630. The van der Waals surface area contributed by atoms with Gasteiger partial charge in [-0.15, -0.1) is 11.3 Å². The fourth-order valence-corrected chi connectivity index (χ4v) is 6.68. The minimum absolute atomic E-state index is 0.150. The van der Waals surface area contributed by atoms with E-state index in [0.29, 0.717) is 95.8 Å². The number of ketones is 1. The Hall–Kier alpha value is -4.27. The summed E-state index contributed by atoms with van der Waals surface area (Å²) in [5.41, 5.74) is 7.97. The van der Waals surface area contributed by atoms with Gasteiger partial charge < -0.3 is 25.4 Å². The third-order valence-electron chi connectivity index (χ3n) is 8.31. The first-order valence-electron chi connectivity index (χ1n) is 14.7. The number of hydrazine groups is 1. The third kappa shape index (κ3) is 5.44. The van der Waals surface area contributed by atoms with Crippen molar-refractivity contribution in [2.24, 2.45) is 5.73 Å². The Balaban J connectivity index is 1.20. The summed E-state index contributed by atoms with van der Waals surface area (Å²) in [5, 5.41) is 13.5. The molecule has 6 rings (SSSR count). The molecule has 3 aliphatic rings. The molecule has 0 saturated carbocycles. The van der Waals surface area contributed by atoms with E-state index in [-0.39, 0.29) is 17.7 Å². The van der Waals surface area contributed by atoms with Crippen LogP contribution in [-0.4, -0.2) is 95.0 Å². The van der Waals surface area contributed by atoms with Crippen molar-refractivity contribution in [2.45, 2.75) is 45.3 Å². The number of hydrogen-bond donors (Lipinski definition) is 3. The molecule has 0 radical (unpaired) electrons. The number of amides is 4. The molecule has 1 aliphatic carbocycles. The maximum absolute atomic E-state index is 14.0. The van der Waals surface area contributed by atoms with Gasteiger partial charge in [-0.05, 0) is 44.9 Å². The van der Waals surface area contributed by atoms with Gasteiger partial charge in [-0.3, -0.25) is 14.7 Å². The van der Waals surface area contributed by atoms with Gasteiger partial charge >= 0.3 is 12.1 Å². The SMILES string of the molecule is CCC(C)(C)OC(=O)NC1CCN(C(=O)c2ccc(-c3[nH]nc4c3C(=O)c3c-4cccc3N(C(N)=O)N3CCOCC3)s2)C1. The van der Waals surface area contributed by atoms with Crippen molar-refractivity contribution < 1.29 is 28.7 Å². The van der Waals surface area contributed by atoms with Gasteiger partial charge in [-0.2, -0.15) is 5.10 Å². The number of benzene rings is 1. The van der Waals surface area contributed by atoms with Gasteiger partial charge in [0.2, 0.25) is 0 Å². The predicted molar refractivity (Wildman–Crippen MR) is 164 cm³/mol. The molecular weight excluding hydrogens is 586 g/mol. The van der Waals surface area contributed by atoms with E-state index in [0.717, 1.165) is 0 Å². The van der Waals surface area contributed by atoms with E-state index in [1.165, 1.54) is 16.3 Å². The molecule has 232 valence electrons. The Morgan fingerprint density at radius 2 is 1.95 bits per heavy atom. The zero-order valence-corrected chi connectivity index (χ0v) is 25.7. The number of likely N-dealkylation sites (tertiary alicyclic amines) is 1. The zero-order valence-electron chi connectivity index (χ0n) is 24.8. The van der Waals surface area contributed by atoms with E-state index in [4.69, 9.17) is 15.2 Å². The summed E-state index contributed by atoms with van der Waals surface area (Å²) in [7, 11) is 0. The van der Waals surface area contributed by atoms with Gasteiger partial charge in [0.25, 0.3) is 5.91 Å². The molecule has 4 amide bonds. The summed E-state index contributed by atoms with van der Waals surface area (Å²) in [6.07, 6.45) is 0.830. The number of aromatic amines is 1. The van der Waals surface area contributed by atoms with Crippen LogP contribution in [0.2, 0.25) is 0 Å². The molecule has 0 spiro atoms. The molecule has 2 saturated heterocycles.